The summed E-state index contributed by atoms with van der Waals surface area (Å²) in [7, 11) is 0. The number of thioether (sulfide) groups is 1. The van der Waals surface area contributed by atoms with Gasteiger partial charge in [-0.05, 0) is 39.9 Å². The maximum Gasteiger partial charge on any atom is 0.329 e. The molecule has 0 aliphatic carbocycles. The van der Waals surface area contributed by atoms with E-state index in [1.807, 2.05) is 20.1 Å². The van der Waals surface area contributed by atoms with Gasteiger partial charge < -0.3 is 15.3 Å². The summed E-state index contributed by atoms with van der Waals surface area (Å²) in [5.74, 6) is -0.931. The molecule has 104 valence electrons. The van der Waals surface area contributed by atoms with Gasteiger partial charge in [-0.3, -0.25) is 0 Å². The number of carbonyl (C=O) groups excluding carboxylic acids is 1. The molecule has 0 aromatic carbocycles. The predicted molar refractivity (Wildman–Crippen MR) is 73.0 cm³/mol. The van der Waals surface area contributed by atoms with Gasteiger partial charge in [-0.1, -0.05) is 0 Å². The maximum atomic E-state index is 12.1. The van der Waals surface area contributed by atoms with Gasteiger partial charge in [0.2, 0.25) is 0 Å². The van der Waals surface area contributed by atoms with E-state index in [0.717, 1.165) is 6.42 Å². The van der Waals surface area contributed by atoms with Crippen molar-refractivity contribution in [3.05, 3.63) is 0 Å². The molecule has 0 bridgehead atoms. The van der Waals surface area contributed by atoms with Crippen molar-refractivity contribution in [3.63, 3.8) is 0 Å². The Hall–Kier alpha value is -0.910. The third-order valence-electron chi connectivity index (χ3n) is 3.56. The fourth-order valence-corrected chi connectivity index (χ4v) is 2.18. The number of hydrogen-bond acceptors (Lipinski definition) is 3. The molecule has 1 saturated heterocycles. The van der Waals surface area contributed by atoms with Crippen molar-refractivity contribution < 1.29 is 14.7 Å². The van der Waals surface area contributed by atoms with Crippen molar-refractivity contribution >= 4 is 23.8 Å². The summed E-state index contributed by atoms with van der Waals surface area (Å²) in [6.45, 7) is 6.73. The van der Waals surface area contributed by atoms with Crippen LogP contribution in [0.1, 0.15) is 33.6 Å². The Kier molecular flexibility index (Phi) is 4.53. The zero-order valence-corrected chi connectivity index (χ0v) is 12.3. The quantitative estimate of drug-likeness (QED) is 0.820. The summed E-state index contributed by atoms with van der Waals surface area (Å²) in [6, 6.07) is -0.278. The van der Waals surface area contributed by atoms with E-state index < -0.39 is 11.5 Å². The Balaban J connectivity index is 2.65. The van der Waals surface area contributed by atoms with Crippen LogP contribution in [0.4, 0.5) is 4.79 Å². The molecule has 0 saturated carbocycles. The van der Waals surface area contributed by atoms with Crippen molar-refractivity contribution in [2.24, 2.45) is 0 Å². The number of carbonyl (C=O) groups is 2. The van der Waals surface area contributed by atoms with Crippen molar-refractivity contribution in [3.8, 4) is 0 Å². The van der Waals surface area contributed by atoms with Crippen LogP contribution >= 0.6 is 11.8 Å². The number of carboxylic acids is 1. The largest absolute Gasteiger partial charge is 0.480 e. The highest BCUT2D eigenvalue weighted by Gasteiger charge is 2.46. The van der Waals surface area contributed by atoms with Gasteiger partial charge in [-0.25, -0.2) is 9.59 Å². The number of rotatable bonds is 4. The summed E-state index contributed by atoms with van der Waals surface area (Å²) >= 11 is 1.67. The second kappa shape index (κ2) is 5.38. The molecule has 1 fully saturated rings. The first-order valence-corrected chi connectivity index (χ1v) is 7.29. The second-order valence-corrected chi connectivity index (χ2v) is 6.97. The second-order valence-electron chi connectivity index (χ2n) is 5.46. The molecule has 1 aliphatic heterocycles. The van der Waals surface area contributed by atoms with Crippen LogP contribution in [0.5, 0.6) is 0 Å². The van der Waals surface area contributed by atoms with Gasteiger partial charge in [0.15, 0.2) is 0 Å². The molecule has 0 spiro atoms. The Morgan fingerprint density at radius 3 is 2.61 bits per heavy atom. The van der Waals surface area contributed by atoms with E-state index in [0.29, 0.717) is 19.5 Å². The average molecular weight is 274 g/mol. The first kappa shape index (κ1) is 15.1. The number of carboxylic acid groups (broad SMARTS) is 1. The lowest BCUT2D eigenvalue weighted by Gasteiger charge is -2.32. The normalized spacial score (nSPS) is 24.1. The first-order valence-electron chi connectivity index (χ1n) is 6.07. The highest BCUT2D eigenvalue weighted by Crippen LogP contribution is 2.29. The van der Waals surface area contributed by atoms with Gasteiger partial charge in [0.05, 0.1) is 0 Å². The number of aliphatic carboxylic acids is 1. The van der Waals surface area contributed by atoms with Crippen LogP contribution in [0.15, 0.2) is 0 Å². The summed E-state index contributed by atoms with van der Waals surface area (Å²) in [5.41, 5.74) is -1.06. The van der Waals surface area contributed by atoms with E-state index in [2.05, 4.69) is 5.32 Å². The lowest BCUT2D eigenvalue weighted by Crippen LogP contribution is -2.55. The minimum Gasteiger partial charge on any atom is -0.480 e. The van der Waals surface area contributed by atoms with Crippen LogP contribution in [-0.2, 0) is 4.79 Å². The van der Waals surface area contributed by atoms with Gasteiger partial charge >= 0.3 is 12.0 Å². The number of nitrogens with one attached hydrogen (secondary N) is 1. The zero-order valence-electron chi connectivity index (χ0n) is 11.4. The van der Waals surface area contributed by atoms with Crippen molar-refractivity contribution in [2.45, 2.75) is 43.9 Å². The Morgan fingerprint density at radius 1 is 1.50 bits per heavy atom. The standard InChI is InChI=1S/C12H22N2O3S/c1-11(2,18-4)8-13-10(17)14-7-5-6-12(14,3)9(15)16/h5-8H2,1-4H3,(H,13,17)(H,15,16). The predicted octanol–water partition coefficient (Wildman–Crippen LogP) is 1.78. The van der Waals surface area contributed by atoms with Crippen molar-refractivity contribution in [1.82, 2.24) is 10.2 Å². The van der Waals surface area contributed by atoms with Crippen LogP contribution in [0, 0.1) is 0 Å². The molecule has 1 aliphatic rings. The van der Waals surface area contributed by atoms with E-state index in [9.17, 15) is 14.7 Å². The van der Waals surface area contributed by atoms with Crippen LogP contribution in [-0.4, -0.2) is 51.6 Å². The Bertz CT molecular complexity index is 346. The van der Waals surface area contributed by atoms with E-state index in [1.165, 1.54) is 4.90 Å². The van der Waals surface area contributed by atoms with Crippen LogP contribution < -0.4 is 5.32 Å². The molecule has 0 aromatic heterocycles. The van der Waals surface area contributed by atoms with Gasteiger partial charge in [-0.2, -0.15) is 11.8 Å². The Labute approximate surface area is 112 Å². The third-order valence-corrected chi connectivity index (χ3v) is 4.81. The SMILES string of the molecule is CSC(C)(C)CNC(=O)N1CCCC1(C)C(=O)O. The van der Waals surface area contributed by atoms with Gasteiger partial charge in [0.1, 0.15) is 5.54 Å². The van der Waals surface area contributed by atoms with Gasteiger partial charge in [-0.15, -0.1) is 0 Å². The molecule has 1 heterocycles. The summed E-state index contributed by atoms with van der Waals surface area (Å²) < 4.78 is -0.0466. The summed E-state index contributed by atoms with van der Waals surface area (Å²) in [5, 5.41) is 12.1. The molecule has 2 amide bonds. The van der Waals surface area contributed by atoms with Crippen molar-refractivity contribution in [1.29, 1.82) is 0 Å². The van der Waals surface area contributed by atoms with E-state index in [-0.39, 0.29) is 10.8 Å². The minimum atomic E-state index is -1.06. The highest BCUT2D eigenvalue weighted by atomic mass is 32.2. The fourth-order valence-electron chi connectivity index (χ4n) is 1.97. The molecule has 18 heavy (non-hydrogen) atoms. The average Bonchev–Trinajstić information content (AvgIpc) is 2.70. The topological polar surface area (TPSA) is 69.6 Å². The highest BCUT2D eigenvalue weighted by molar-refractivity contribution is 7.99. The van der Waals surface area contributed by atoms with E-state index in [4.69, 9.17) is 0 Å². The Morgan fingerprint density at radius 2 is 2.11 bits per heavy atom. The van der Waals surface area contributed by atoms with Crippen LogP contribution in [0.3, 0.4) is 0 Å². The number of hydrogen-bond donors (Lipinski definition) is 2. The number of urea groups is 1. The third kappa shape index (κ3) is 3.10. The molecule has 2 N–H and O–H groups in total. The summed E-state index contributed by atoms with van der Waals surface area (Å²) in [6.07, 6.45) is 3.24. The number of nitrogens with zero attached hydrogens (tertiary/aromatic N) is 1. The molecular formula is C12H22N2O3S. The summed E-state index contributed by atoms with van der Waals surface area (Å²) in [4.78, 5) is 24.8. The van der Waals surface area contributed by atoms with Gasteiger partial charge in [0, 0.05) is 17.8 Å². The maximum absolute atomic E-state index is 12.1. The van der Waals surface area contributed by atoms with E-state index >= 15 is 0 Å². The van der Waals surface area contributed by atoms with E-state index in [1.54, 1.807) is 18.7 Å². The number of amides is 2. The lowest BCUT2D eigenvalue weighted by atomic mass is 10.00. The molecule has 1 rings (SSSR count). The monoisotopic (exact) mass is 274 g/mol. The minimum absolute atomic E-state index is 0.0466. The molecule has 5 nitrogen and oxygen atoms in total. The van der Waals surface area contributed by atoms with Crippen LogP contribution in [0.2, 0.25) is 0 Å². The smallest absolute Gasteiger partial charge is 0.329 e. The zero-order chi connectivity index (χ0) is 14.0. The molecule has 0 radical (unpaired) electrons. The lowest BCUT2D eigenvalue weighted by molar-refractivity contribution is -0.147. The molecule has 6 heteroatoms. The molecular weight excluding hydrogens is 252 g/mol. The number of likely N-dealkylation sites (tertiary alicyclic amines) is 1. The molecule has 1 atom stereocenters. The van der Waals surface area contributed by atoms with Gasteiger partial charge in [0.25, 0.3) is 0 Å². The fraction of sp³-hybridized carbons (Fsp3) is 0.833. The van der Waals surface area contributed by atoms with Crippen LogP contribution in [0.25, 0.3) is 0 Å². The molecule has 0 aromatic rings. The van der Waals surface area contributed by atoms with Crippen molar-refractivity contribution in [2.75, 3.05) is 19.3 Å². The molecule has 1 unspecified atom stereocenters. The first-order chi connectivity index (χ1) is 8.23.